The van der Waals surface area contributed by atoms with Crippen molar-refractivity contribution in [2.45, 2.75) is 25.6 Å². The first-order chi connectivity index (χ1) is 8.97. The van der Waals surface area contributed by atoms with Crippen molar-refractivity contribution in [1.29, 1.82) is 0 Å². The summed E-state index contributed by atoms with van der Waals surface area (Å²) >= 11 is 0. The fourth-order valence-corrected chi connectivity index (χ4v) is 2.79. The number of hydrogen-bond donors (Lipinski definition) is 0. The average Bonchev–Trinajstić information content (AvgIpc) is 2.67. The molecule has 2 aliphatic rings. The molecule has 98 valence electrons. The molecule has 1 aromatic rings. The van der Waals surface area contributed by atoms with Crippen LogP contribution >= 0.6 is 0 Å². The van der Waals surface area contributed by atoms with E-state index in [2.05, 4.69) is 0 Å². The van der Waals surface area contributed by atoms with E-state index in [1.54, 1.807) is 18.2 Å². The highest BCUT2D eigenvalue weighted by molar-refractivity contribution is 6.52. The zero-order valence-electron chi connectivity index (χ0n) is 11.0. The molecule has 0 fully saturated rings. The van der Waals surface area contributed by atoms with Gasteiger partial charge in [0.15, 0.2) is 0 Å². The Hall–Kier alpha value is -1.94. The quantitative estimate of drug-likeness (QED) is 0.723. The second-order valence-corrected chi connectivity index (χ2v) is 5.27. The van der Waals surface area contributed by atoms with Crippen LogP contribution in [0.1, 0.15) is 29.8 Å². The molecule has 0 amide bonds. The van der Waals surface area contributed by atoms with Gasteiger partial charge >= 0.3 is 0 Å². The van der Waals surface area contributed by atoms with Gasteiger partial charge in [0, 0.05) is 18.2 Å². The number of methoxy groups -OCH3 is 1. The highest BCUT2D eigenvalue weighted by atomic mass is 16.6. The summed E-state index contributed by atoms with van der Waals surface area (Å²) in [5.41, 5.74) is 0.761. The van der Waals surface area contributed by atoms with Crippen LogP contribution in [0.4, 0.5) is 0 Å². The highest BCUT2D eigenvalue weighted by Crippen LogP contribution is 2.44. The van der Waals surface area contributed by atoms with Crippen LogP contribution in [0.2, 0.25) is 0 Å². The zero-order valence-corrected chi connectivity index (χ0v) is 11.0. The minimum Gasteiger partial charge on any atom is -0.484 e. The molecule has 0 saturated heterocycles. The summed E-state index contributed by atoms with van der Waals surface area (Å²) in [6.07, 6.45) is -0.521. The summed E-state index contributed by atoms with van der Waals surface area (Å²) in [7, 11) is 1.52. The molecule has 0 radical (unpaired) electrons. The number of benzene rings is 1. The predicted molar refractivity (Wildman–Crippen MR) is 68.7 cm³/mol. The second kappa shape index (κ2) is 3.78. The number of hydrogen-bond acceptors (Lipinski definition) is 4. The van der Waals surface area contributed by atoms with Crippen LogP contribution < -0.4 is 0 Å². The van der Waals surface area contributed by atoms with E-state index in [1.165, 1.54) is 7.11 Å². The Kier molecular flexibility index (Phi) is 2.41. The average molecular weight is 258 g/mol. The van der Waals surface area contributed by atoms with E-state index in [4.69, 9.17) is 9.47 Å². The van der Waals surface area contributed by atoms with E-state index < -0.39 is 23.3 Å². The number of ketones is 2. The molecule has 4 heteroatoms. The third-order valence-corrected chi connectivity index (χ3v) is 3.61. The Balaban J connectivity index is 2.26. The Morgan fingerprint density at radius 3 is 2.37 bits per heavy atom. The zero-order chi connectivity index (χ0) is 13.8. The first kappa shape index (κ1) is 12.1. The lowest BCUT2D eigenvalue weighted by Gasteiger charge is -2.26. The minimum atomic E-state index is -0.660. The molecule has 3 rings (SSSR count). The summed E-state index contributed by atoms with van der Waals surface area (Å²) in [5.74, 6) is -0.527. The minimum absolute atomic E-state index is 0.344. The Morgan fingerprint density at radius 1 is 1.11 bits per heavy atom. The molecule has 1 aromatic carbocycles. The van der Waals surface area contributed by atoms with Crippen LogP contribution in [-0.2, 0) is 14.3 Å². The van der Waals surface area contributed by atoms with Gasteiger partial charge in [-0.25, -0.2) is 0 Å². The van der Waals surface area contributed by atoms with E-state index in [0.29, 0.717) is 22.5 Å². The van der Waals surface area contributed by atoms with E-state index in [9.17, 15) is 9.59 Å². The third-order valence-electron chi connectivity index (χ3n) is 3.61. The van der Waals surface area contributed by atoms with Crippen molar-refractivity contribution in [2.75, 3.05) is 7.11 Å². The Morgan fingerprint density at radius 2 is 1.74 bits per heavy atom. The molecular weight excluding hydrogens is 244 g/mol. The van der Waals surface area contributed by atoms with Gasteiger partial charge in [-0.05, 0) is 13.8 Å². The molecule has 19 heavy (non-hydrogen) atoms. The highest BCUT2D eigenvalue weighted by Gasteiger charge is 2.50. The molecule has 1 unspecified atom stereocenters. The van der Waals surface area contributed by atoms with Gasteiger partial charge in [0.25, 0.3) is 0 Å². The van der Waals surface area contributed by atoms with Crippen LogP contribution in [0.5, 0.6) is 0 Å². The number of rotatable bonds is 1. The number of Topliss-reactive ketones (excluding diaryl/α,β-unsaturated/α-hetero) is 2. The number of carbonyl (C=O) groups excluding carboxylic acids is 2. The van der Waals surface area contributed by atoms with Crippen molar-refractivity contribution < 1.29 is 19.1 Å². The fourth-order valence-electron chi connectivity index (χ4n) is 2.79. The summed E-state index contributed by atoms with van der Waals surface area (Å²) < 4.78 is 11.3. The first-order valence-electron chi connectivity index (χ1n) is 6.12. The molecule has 0 aromatic heterocycles. The topological polar surface area (TPSA) is 52.6 Å². The molecule has 1 heterocycles. The Bertz CT molecular complexity index is 625. The monoisotopic (exact) mass is 258 g/mol. The van der Waals surface area contributed by atoms with Crippen molar-refractivity contribution in [1.82, 2.24) is 0 Å². The largest absolute Gasteiger partial charge is 0.484 e. The molecule has 0 spiro atoms. The van der Waals surface area contributed by atoms with Gasteiger partial charge in [-0.1, -0.05) is 24.3 Å². The first-order valence-corrected chi connectivity index (χ1v) is 6.12. The lowest BCUT2D eigenvalue weighted by Crippen LogP contribution is -2.38. The number of ether oxygens (including phenoxy) is 2. The van der Waals surface area contributed by atoms with Crippen molar-refractivity contribution in [3.05, 3.63) is 41.0 Å². The van der Waals surface area contributed by atoms with Gasteiger partial charge in [0.05, 0.1) is 5.57 Å². The normalized spacial score (nSPS) is 24.1. The molecule has 0 bridgehead atoms. The molecule has 0 N–H and O–H groups in total. The molecule has 1 aliphatic heterocycles. The summed E-state index contributed by atoms with van der Waals surface area (Å²) in [6, 6.07) is 7.01. The van der Waals surface area contributed by atoms with E-state index in [-0.39, 0.29) is 0 Å². The maximum Gasteiger partial charge on any atom is 0.236 e. The van der Waals surface area contributed by atoms with E-state index >= 15 is 0 Å². The SMILES string of the molecule is COC1C2=C(OC1(C)C)c1ccccc1C(=O)C2=O. The summed E-state index contributed by atoms with van der Waals surface area (Å²) in [5, 5.41) is 0. The molecule has 0 saturated carbocycles. The van der Waals surface area contributed by atoms with Gasteiger partial charge < -0.3 is 9.47 Å². The third kappa shape index (κ3) is 1.50. The van der Waals surface area contributed by atoms with Crippen LogP contribution in [0.15, 0.2) is 29.8 Å². The molecule has 4 nitrogen and oxygen atoms in total. The lowest BCUT2D eigenvalue weighted by molar-refractivity contribution is -0.113. The maximum absolute atomic E-state index is 12.3. The number of fused-ring (bicyclic) bond motifs is 2. The molecule has 1 aliphatic carbocycles. The van der Waals surface area contributed by atoms with Gasteiger partial charge in [-0.3, -0.25) is 9.59 Å². The van der Waals surface area contributed by atoms with Crippen LogP contribution in [0.3, 0.4) is 0 Å². The van der Waals surface area contributed by atoms with Crippen molar-refractivity contribution in [3.63, 3.8) is 0 Å². The van der Waals surface area contributed by atoms with Crippen LogP contribution in [0, 0.1) is 0 Å². The predicted octanol–water partition coefficient (Wildman–Crippen LogP) is 1.99. The Labute approximate surface area is 111 Å². The van der Waals surface area contributed by atoms with Crippen LogP contribution in [-0.4, -0.2) is 30.4 Å². The van der Waals surface area contributed by atoms with Crippen molar-refractivity contribution in [3.8, 4) is 0 Å². The second-order valence-electron chi connectivity index (χ2n) is 5.27. The standard InChI is InChI=1S/C15H14O4/c1-15(2)14(18-3)10-12(17)11(16)8-6-4-5-7-9(8)13(10)19-15/h4-7,14H,1-3H3. The van der Waals surface area contributed by atoms with Gasteiger partial charge in [0.2, 0.25) is 11.6 Å². The van der Waals surface area contributed by atoms with Gasteiger partial charge in [-0.2, -0.15) is 0 Å². The fraction of sp³-hybridized carbons (Fsp3) is 0.333. The maximum atomic E-state index is 12.3. The van der Waals surface area contributed by atoms with E-state index in [1.807, 2.05) is 19.9 Å². The summed E-state index contributed by atoms with van der Waals surface area (Å²) in [6.45, 7) is 3.69. The molecule has 1 atom stereocenters. The van der Waals surface area contributed by atoms with Crippen molar-refractivity contribution in [2.24, 2.45) is 0 Å². The van der Waals surface area contributed by atoms with Crippen LogP contribution in [0.25, 0.3) is 5.76 Å². The number of carbonyl (C=O) groups is 2. The van der Waals surface area contributed by atoms with Gasteiger partial charge in [0.1, 0.15) is 17.5 Å². The smallest absolute Gasteiger partial charge is 0.236 e. The lowest BCUT2D eigenvalue weighted by atomic mass is 9.84. The van der Waals surface area contributed by atoms with Crippen molar-refractivity contribution >= 4 is 17.3 Å². The molecular formula is C15H14O4. The van der Waals surface area contributed by atoms with Gasteiger partial charge in [-0.15, -0.1) is 0 Å². The summed E-state index contributed by atoms with van der Waals surface area (Å²) in [4.78, 5) is 24.4. The van der Waals surface area contributed by atoms with E-state index in [0.717, 1.165) is 0 Å².